The fraction of sp³-hybridized carbons (Fsp3) is 0.167. The number of phosphoric ester groups is 1. The minimum Gasteiger partial charge on any atom is -0.485 e. The molecular weight excluding hydrogens is 868 g/mol. The molecule has 0 bridgehead atoms. The maximum Gasteiger partial charge on any atom is 0.530 e. The Morgan fingerprint density at radius 2 is 0.836 bits per heavy atom. The van der Waals surface area contributed by atoms with Gasteiger partial charge in [0.05, 0.1) is 13.2 Å². The monoisotopic (exact) mass is 918 g/mol. The van der Waals surface area contributed by atoms with Crippen LogP contribution in [-0.4, -0.2) is 30.1 Å². The number of ether oxygens (including phenoxy) is 3. The second-order valence-corrected chi connectivity index (χ2v) is 17.0. The van der Waals surface area contributed by atoms with Crippen LogP contribution in [0.25, 0.3) is 0 Å². The number of hydrogen-bond acceptors (Lipinski definition) is 10. The first kappa shape index (κ1) is 47.5. The molecular formula is C54H51N2O10P. The van der Waals surface area contributed by atoms with E-state index in [4.69, 9.17) is 27.8 Å². The average molecular weight is 919 g/mol. The van der Waals surface area contributed by atoms with Gasteiger partial charge in [-0.25, -0.2) is 14.2 Å². The van der Waals surface area contributed by atoms with Crippen LogP contribution in [0.3, 0.4) is 0 Å². The third-order valence-corrected chi connectivity index (χ3v) is 11.6. The normalized spacial score (nSPS) is 11.9. The first-order valence-corrected chi connectivity index (χ1v) is 23.2. The summed E-state index contributed by atoms with van der Waals surface area (Å²) in [5.41, 5.74) is 5.16. The van der Waals surface area contributed by atoms with Crippen LogP contribution in [0.5, 0.6) is 11.5 Å². The van der Waals surface area contributed by atoms with Crippen LogP contribution in [0.1, 0.15) is 38.9 Å². The molecule has 7 rings (SSSR count). The molecule has 12 nitrogen and oxygen atoms in total. The van der Waals surface area contributed by atoms with E-state index in [1.165, 1.54) is 0 Å². The number of phosphoric acid groups is 1. The topological polar surface area (TPSA) is 148 Å². The lowest BCUT2D eigenvalue weighted by atomic mass is 10.0. The molecule has 0 saturated heterocycles. The molecule has 0 radical (unpaired) electrons. The van der Waals surface area contributed by atoms with Crippen LogP contribution < -0.4 is 19.9 Å². The van der Waals surface area contributed by atoms with Crippen LogP contribution in [0.4, 0.5) is 4.79 Å². The fourth-order valence-electron chi connectivity index (χ4n) is 6.77. The Morgan fingerprint density at radius 1 is 0.418 bits per heavy atom. The number of hydrogen-bond donors (Lipinski definition) is 2. The van der Waals surface area contributed by atoms with Gasteiger partial charge in [0.15, 0.2) is 11.5 Å². The molecule has 0 aliphatic rings. The van der Waals surface area contributed by atoms with E-state index in [1.807, 2.05) is 182 Å². The Morgan fingerprint density at radius 3 is 1.33 bits per heavy atom. The predicted octanol–water partition coefficient (Wildman–Crippen LogP) is 10.5. The minimum absolute atomic E-state index is 0.0110. The summed E-state index contributed by atoms with van der Waals surface area (Å²) in [6, 6.07) is 57.9. The van der Waals surface area contributed by atoms with Gasteiger partial charge in [-0.1, -0.05) is 188 Å². The SMILES string of the molecule is O=C(N[C@@H](Cc1ccccc1)C(=O)N[C@@H](Cc1ccc(OP(=O)(OCc2ccccc2)OCc2ccccc2)c(OCc2ccccc2)c1)C(=O)OCc1ccccc1)OCc1ccccc1. The summed E-state index contributed by atoms with van der Waals surface area (Å²) in [6.07, 6.45) is -0.789. The largest absolute Gasteiger partial charge is 0.530 e. The van der Waals surface area contributed by atoms with Crippen molar-refractivity contribution >= 4 is 25.8 Å². The van der Waals surface area contributed by atoms with Crippen molar-refractivity contribution in [1.29, 1.82) is 0 Å². The number of esters is 1. The lowest BCUT2D eigenvalue weighted by Gasteiger charge is -2.24. The molecule has 0 aliphatic heterocycles. The molecule has 0 heterocycles. The maximum atomic E-state index is 14.5. The number of alkyl carbamates (subject to hydrolysis) is 1. The van der Waals surface area contributed by atoms with E-state index in [0.29, 0.717) is 5.56 Å². The van der Waals surface area contributed by atoms with Gasteiger partial charge in [-0.2, -0.15) is 0 Å². The molecule has 2 N–H and O–H groups in total. The van der Waals surface area contributed by atoms with Crippen molar-refractivity contribution in [2.24, 2.45) is 0 Å². The molecule has 2 amide bonds. The van der Waals surface area contributed by atoms with E-state index < -0.39 is 37.9 Å². The van der Waals surface area contributed by atoms with Crippen LogP contribution in [0.15, 0.2) is 200 Å². The minimum atomic E-state index is -4.34. The molecule has 7 aromatic rings. The zero-order valence-corrected chi connectivity index (χ0v) is 37.6. The van der Waals surface area contributed by atoms with Crippen molar-refractivity contribution in [1.82, 2.24) is 10.6 Å². The van der Waals surface area contributed by atoms with E-state index in [0.717, 1.165) is 33.4 Å². The van der Waals surface area contributed by atoms with Gasteiger partial charge in [0.1, 0.15) is 31.9 Å². The van der Waals surface area contributed by atoms with Crippen LogP contribution in [-0.2, 0) is 78.6 Å². The van der Waals surface area contributed by atoms with Crippen molar-refractivity contribution < 1.29 is 46.7 Å². The van der Waals surface area contributed by atoms with Crippen LogP contribution >= 0.6 is 7.82 Å². The van der Waals surface area contributed by atoms with Crippen molar-refractivity contribution in [2.75, 3.05) is 0 Å². The van der Waals surface area contributed by atoms with Gasteiger partial charge in [-0.05, 0) is 51.1 Å². The summed E-state index contributed by atoms with van der Waals surface area (Å²) in [5.74, 6) is -1.14. The standard InChI is InChI=1S/C54H51N2O10P/c57-52(48(33-41-19-7-1-8-20-41)56-54(59)63-38-44-25-13-4-14-26-44)55-49(53(58)62-37-43-23-11-3-12-24-43)34-47-31-32-50(51(35-47)61-36-42-21-9-2-10-22-42)66-67(60,64-39-45-27-15-5-16-28-45)65-40-46-29-17-6-18-30-46/h1-32,35,48-49H,33-34,36-40H2,(H,55,57)(H,56,59)/t48-,49-/m0/s1. The Bertz CT molecular complexity index is 2610. The third kappa shape index (κ3) is 15.6. The smallest absolute Gasteiger partial charge is 0.485 e. The van der Waals surface area contributed by atoms with Gasteiger partial charge in [-0.15, -0.1) is 0 Å². The zero-order valence-electron chi connectivity index (χ0n) is 36.7. The van der Waals surface area contributed by atoms with E-state index in [9.17, 15) is 18.9 Å². The molecule has 0 saturated carbocycles. The van der Waals surface area contributed by atoms with Crippen molar-refractivity contribution in [3.05, 3.63) is 239 Å². The summed E-state index contributed by atoms with van der Waals surface area (Å²) in [7, 11) is -4.34. The van der Waals surface area contributed by atoms with Crippen molar-refractivity contribution in [3.8, 4) is 11.5 Å². The first-order chi connectivity index (χ1) is 32.8. The Kier molecular flexibility index (Phi) is 17.5. The second kappa shape index (κ2) is 24.7. The van der Waals surface area contributed by atoms with E-state index in [-0.39, 0.29) is 57.4 Å². The molecule has 0 aromatic heterocycles. The van der Waals surface area contributed by atoms with Crippen LogP contribution in [0, 0.1) is 0 Å². The summed E-state index contributed by atoms with van der Waals surface area (Å²) in [4.78, 5) is 41.6. The molecule has 67 heavy (non-hydrogen) atoms. The number of rotatable bonds is 23. The average Bonchev–Trinajstić information content (AvgIpc) is 3.37. The third-order valence-electron chi connectivity index (χ3n) is 10.3. The number of amides is 2. The molecule has 2 atom stereocenters. The first-order valence-electron chi connectivity index (χ1n) is 21.8. The Balaban J connectivity index is 1.16. The van der Waals surface area contributed by atoms with E-state index in [2.05, 4.69) is 10.6 Å². The molecule has 0 unspecified atom stereocenters. The second-order valence-electron chi connectivity index (χ2n) is 15.4. The Hall–Kier alpha value is -7.50. The molecule has 342 valence electrons. The summed E-state index contributed by atoms with van der Waals surface area (Å²) in [6.45, 7) is -0.0930. The van der Waals surface area contributed by atoms with Crippen molar-refractivity contribution in [2.45, 2.75) is 58.0 Å². The number of benzene rings is 7. The lowest BCUT2D eigenvalue weighted by molar-refractivity contribution is -0.149. The van der Waals surface area contributed by atoms with Gasteiger partial charge < -0.3 is 29.4 Å². The molecule has 13 heteroatoms. The number of nitrogens with one attached hydrogen (secondary N) is 2. The highest BCUT2D eigenvalue weighted by Crippen LogP contribution is 2.53. The van der Waals surface area contributed by atoms with Gasteiger partial charge in [0.2, 0.25) is 5.91 Å². The Labute approximate surface area is 390 Å². The molecule has 7 aromatic carbocycles. The summed E-state index contributed by atoms with van der Waals surface area (Å²) in [5, 5.41) is 5.56. The number of carbonyl (C=O) groups is 3. The molecule has 0 spiro atoms. The fourth-order valence-corrected chi connectivity index (χ4v) is 7.95. The highest BCUT2D eigenvalue weighted by atomic mass is 31.2. The maximum absolute atomic E-state index is 14.5. The van der Waals surface area contributed by atoms with Crippen molar-refractivity contribution in [3.63, 3.8) is 0 Å². The van der Waals surface area contributed by atoms with Gasteiger partial charge in [-0.3, -0.25) is 13.8 Å². The predicted molar refractivity (Wildman–Crippen MR) is 253 cm³/mol. The van der Waals surface area contributed by atoms with E-state index in [1.54, 1.807) is 18.2 Å². The van der Waals surface area contributed by atoms with E-state index >= 15 is 0 Å². The highest BCUT2D eigenvalue weighted by Gasteiger charge is 2.32. The number of carbonyl (C=O) groups excluding carboxylic acids is 3. The molecule has 0 aliphatic carbocycles. The highest BCUT2D eigenvalue weighted by molar-refractivity contribution is 7.48. The van der Waals surface area contributed by atoms with Crippen LogP contribution in [0.2, 0.25) is 0 Å². The summed E-state index contributed by atoms with van der Waals surface area (Å²) < 4.78 is 50.2. The zero-order chi connectivity index (χ0) is 46.5. The van der Waals surface area contributed by atoms with Gasteiger partial charge in [0, 0.05) is 12.8 Å². The molecule has 0 fully saturated rings. The lowest BCUT2D eigenvalue weighted by Crippen LogP contribution is -2.53. The summed E-state index contributed by atoms with van der Waals surface area (Å²) >= 11 is 0. The van der Waals surface area contributed by atoms with Gasteiger partial charge >= 0.3 is 19.9 Å². The quantitative estimate of drug-likeness (QED) is 0.0469. The van der Waals surface area contributed by atoms with Gasteiger partial charge in [0.25, 0.3) is 0 Å².